The Labute approximate surface area is 122 Å². The van der Waals surface area contributed by atoms with Gasteiger partial charge in [0.2, 0.25) is 5.91 Å². The minimum Gasteiger partial charge on any atom is -0.396 e. The van der Waals surface area contributed by atoms with E-state index in [1.54, 1.807) is 0 Å². The lowest BCUT2D eigenvalue weighted by Gasteiger charge is -2.41. The van der Waals surface area contributed by atoms with Crippen molar-refractivity contribution in [3.63, 3.8) is 0 Å². The van der Waals surface area contributed by atoms with Gasteiger partial charge in [-0.05, 0) is 57.3 Å². The van der Waals surface area contributed by atoms with Crippen molar-refractivity contribution >= 4 is 5.91 Å². The Morgan fingerprint density at radius 2 is 2.05 bits per heavy atom. The van der Waals surface area contributed by atoms with Crippen LogP contribution in [0.1, 0.15) is 58.3 Å². The van der Waals surface area contributed by atoms with E-state index in [0.29, 0.717) is 18.5 Å². The lowest BCUT2D eigenvalue weighted by Crippen LogP contribution is -2.51. The number of aliphatic hydroxyl groups excluding tert-OH is 1. The molecule has 0 aromatic heterocycles. The number of amides is 1. The molecule has 2 aliphatic rings. The predicted molar refractivity (Wildman–Crippen MR) is 80.2 cm³/mol. The second kappa shape index (κ2) is 6.90. The van der Waals surface area contributed by atoms with Crippen molar-refractivity contribution in [2.75, 3.05) is 19.7 Å². The monoisotopic (exact) mass is 282 g/mol. The minimum atomic E-state index is -0.297. The number of likely N-dealkylation sites (tertiary alicyclic amines) is 1. The second-order valence-corrected chi connectivity index (χ2v) is 6.83. The molecular formula is C16H30N2O2. The fraction of sp³-hybridized carbons (Fsp3) is 0.938. The smallest absolute Gasteiger partial charge is 0.230 e. The molecule has 0 radical (unpaired) electrons. The molecule has 0 aromatic rings. The van der Waals surface area contributed by atoms with Crippen molar-refractivity contribution in [3.05, 3.63) is 0 Å². The van der Waals surface area contributed by atoms with Gasteiger partial charge in [0, 0.05) is 25.7 Å². The number of hydrogen-bond acceptors (Lipinski definition) is 3. The van der Waals surface area contributed by atoms with E-state index in [1.807, 2.05) is 0 Å². The minimum absolute atomic E-state index is 0.220. The quantitative estimate of drug-likeness (QED) is 0.809. The van der Waals surface area contributed by atoms with Gasteiger partial charge in [0.15, 0.2) is 0 Å². The maximum atomic E-state index is 13.0. The van der Waals surface area contributed by atoms with Crippen molar-refractivity contribution in [2.45, 2.75) is 64.3 Å². The molecule has 1 heterocycles. The van der Waals surface area contributed by atoms with E-state index in [9.17, 15) is 4.79 Å². The molecule has 3 N–H and O–H groups in total. The highest BCUT2D eigenvalue weighted by Gasteiger charge is 2.44. The zero-order valence-electron chi connectivity index (χ0n) is 12.8. The second-order valence-electron chi connectivity index (χ2n) is 6.83. The molecule has 1 aliphatic carbocycles. The maximum absolute atomic E-state index is 13.0. The van der Waals surface area contributed by atoms with Crippen LogP contribution in [0.4, 0.5) is 0 Å². The number of hydrogen-bond donors (Lipinski definition) is 2. The summed E-state index contributed by atoms with van der Waals surface area (Å²) in [6, 6.07) is 0.331. The molecule has 1 saturated carbocycles. The van der Waals surface area contributed by atoms with Gasteiger partial charge in [-0.1, -0.05) is 6.92 Å². The average Bonchev–Trinajstić information content (AvgIpc) is 2.94. The van der Waals surface area contributed by atoms with Crippen LogP contribution in [0.15, 0.2) is 0 Å². The summed E-state index contributed by atoms with van der Waals surface area (Å²) in [7, 11) is 0. The molecule has 1 atom stereocenters. The van der Waals surface area contributed by atoms with Crippen LogP contribution < -0.4 is 5.73 Å². The molecular weight excluding hydrogens is 252 g/mol. The summed E-state index contributed by atoms with van der Waals surface area (Å²) >= 11 is 0. The van der Waals surface area contributed by atoms with Crippen molar-refractivity contribution in [1.29, 1.82) is 0 Å². The molecule has 1 amide bonds. The zero-order chi connectivity index (χ0) is 14.6. The van der Waals surface area contributed by atoms with Crippen LogP contribution in [0.25, 0.3) is 0 Å². The Hall–Kier alpha value is -0.610. The number of nitrogens with zero attached hydrogens (tertiary/aromatic N) is 1. The first kappa shape index (κ1) is 15.8. The molecule has 0 aromatic carbocycles. The van der Waals surface area contributed by atoms with Gasteiger partial charge < -0.3 is 15.7 Å². The molecule has 0 spiro atoms. The van der Waals surface area contributed by atoms with Crippen LogP contribution >= 0.6 is 0 Å². The maximum Gasteiger partial charge on any atom is 0.230 e. The first-order chi connectivity index (χ1) is 9.63. The van der Waals surface area contributed by atoms with Gasteiger partial charge in [-0.2, -0.15) is 0 Å². The molecule has 20 heavy (non-hydrogen) atoms. The number of rotatable bonds is 5. The van der Waals surface area contributed by atoms with Gasteiger partial charge in [0.1, 0.15) is 0 Å². The van der Waals surface area contributed by atoms with E-state index in [4.69, 9.17) is 10.8 Å². The normalized spacial score (nSPS) is 34.5. The van der Waals surface area contributed by atoms with E-state index in [1.165, 1.54) is 0 Å². The summed E-state index contributed by atoms with van der Waals surface area (Å²) in [5.41, 5.74) is 5.71. The highest BCUT2D eigenvalue weighted by molar-refractivity contribution is 5.83. The first-order valence-corrected chi connectivity index (χ1v) is 8.25. The molecule has 116 valence electrons. The predicted octanol–water partition coefficient (Wildman–Crippen LogP) is 1.91. The van der Waals surface area contributed by atoms with Crippen molar-refractivity contribution in [1.82, 2.24) is 4.90 Å². The van der Waals surface area contributed by atoms with Gasteiger partial charge in [0.25, 0.3) is 0 Å². The average molecular weight is 282 g/mol. The molecule has 4 nitrogen and oxygen atoms in total. The number of aliphatic hydroxyl groups is 1. The van der Waals surface area contributed by atoms with E-state index in [-0.39, 0.29) is 12.0 Å². The molecule has 1 saturated heterocycles. The Morgan fingerprint density at radius 3 is 2.65 bits per heavy atom. The van der Waals surface area contributed by atoms with Gasteiger partial charge in [0.05, 0.1) is 5.41 Å². The van der Waals surface area contributed by atoms with E-state index in [2.05, 4.69) is 11.8 Å². The molecule has 2 rings (SSSR count). The van der Waals surface area contributed by atoms with Crippen molar-refractivity contribution in [2.24, 2.45) is 17.1 Å². The lowest BCUT2D eigenvalue weighted by atomic mass is 9.70. The lowest BCUT2D eigenvalue weighted by molar-refractivity contribution is -0.145. The fourth-order valence-corrected chi connectivity index (χ4v) is 3.85. The highest BCUT2D eigenvalue weighted by Crippen LogP contribution is 2.41. The van der Waals surface area contributed by atoms with E-state index in [0.717, 1.165) is 63.8 Å². The molecule has 1 aliphatic heterocycles. The van der Waals surface area contributed by atoms with E-state index < -0.39 is 0 Å². The van der Waals surface area contributed by atoms with E-state index >= 15 is 0 Å². The Balaban J connectivity index is 2.04. The Bertz CT molecular complexity index is 324. The fourth-order valence-electron chi connectivity index (χ4n) is 3.85. The number of nitrogens with two attached hydrogens (primary N) is 1. The van der Waals surface area contributed by atoms with Gasteiger partial charge >= 0.3 is 0 Å². The number of carbonyl (C=O) groups excluding carboxylic acids is 1. The Kier molecular flexibility index (Phi) is 5.44. The van der Waals surface area contributed by atoms with Crippen LogP contribution in [0.5, 0.6) is 0 Å². The summed E-state index contributed by atoms with van der Waals surface area (Å²) in [6.45, 7) is 3.86. The summed E-state index contributed by atoms with van der Waals surface area (Å²) in [5.74, 6) is 1.03. The van der Waals surface area contributed by atoms with Gasteiger partial charge in [-0.3, -0.25) is 4.79 Å². The first-order valence-electron chi connectivity index (χ1n) is 8.25. The third-order valence-electron chi connectivity index (χ3n) is 5.41. The zero-order valence-corrected chi connectivity index (χ0v) is 12.8. The number of carbonyl (C=O) groups is 1. The third kappa shape index (κ3) is 3.17. The van der Waals surface area contributed by atoms with Gasteiger partial charge in [-0.15, -0.1) is 0 Å². The summed E-state index contributed by atoms with van der Waals surface area (Å²) in [6.07, 6.45) is 8.05. The van der Waals surface area contributed by atoms with Gasteiger partial charge in [-0.25, -0.2) is 0 Å². The Morgan fingerprint density at radius 1 is 1.35 bits per heavy atom. The van der Waals surface area contributed by atoms with Crippen LogP contribution in [0, 0.1) is 11.3 Å². The van der Waals surface area contributed by atoms with Crippen LogP contribution in [0.2, 0.25) is 0 Å². The summed E-state index contributed by atoms with van der Waals surface area (Å²) < 4.78 is 0. The van der Waals surface area contributed by atoms with Crippen molar-refractivity contribution < 1.29 is 9.90 Å². The largest absolute Gasteiger partial charge is 0.396 e. The van der Waals surface area contributed by atoms with Crippen LogP contribution in [0.3, 0.4) is 0 Å². The molecule has 0 bridgehead atoms. The molecule has 4 heteroatoms. The van der Waals surface area contributed by atoms with Crippen LogP contribution in [-0.2, 0) is 4.79 Å². The summed E-state index contributed by atoms with van der Waals surface area (Å²) in [5, 5.41) is 9.00. The molecule has 1 unspecified atom stereocenters. The van der Waals surface area contributed by atoms with Crippen LogP contribution in [-0.4, -0.2) is 41.7 Å². The topological polar surface area (TPSA) is 66.6 Å². The third-order valence-corrected chi connectivity index (χ3v) is 5.41. The highest BCUT2D eigenvalue weighted by atomic mass is 16.3. The van der Waals surface area contributed by atoms with Crippen molar-refractivity contribution in [3.8, 4) is 0 Å². The standard InChI is InChI=1S/C16H30N2O2/c1-13-6-8-16(12-17,9-7-13)15(20)18-10-2-4-14(18)5-3-11-19/h13-14,19H,2-12,17H2,1H3. The molecule has 2 fully saturated rings. The SMILES string of the molecule is CC1CCC(CN)(C(=O)N2CCCC2CCCO)CC1. The summed E-state index contributed by atoms with van der Waals surface area (Å²) in [4.78, 5) is 15.1.